The van der Waals surface area contributed by atoms with Crippen LogP contribution in [0.3, 0.4) is 0 Å². The second-order valence-electron chi connectivity index (χ2n) is 6.10. The van der Waals surface area contributed by atoms with Crippen LogP contribution in [-0.2, 0) is 9.59 Å². The summed E-state index contributed by atoms with van der Waals surface area (Å²) in [5, 5.41) is 1.95. The van der Waals surface area contributed by atoms with E-state index in [0.29, 0.717) is 18.5 Å². The van der Waals surface area contributed by atoms with Crippen molar-refractivity contribution in [2.75, 3.05) is 13.1 Å². The van der Waals surface area contributed by atoms with Crippen molar-refractivity contribution in [2.24, 2.45) is 5.73 Å². The van der Waals surface area contributed by atoms with E-state index in [1.807, 2.05) is 5.32 Å². The van der Waals surface area contributed by atoms with Crippen LogP contribution in [0, 0.1) is 5.82 Å². The maximum Gasteiger partial charge on any atom is 0.471 e. The molecule has 1 saturated heterocycles. The molecule has 1 aromatic rings. The van der Waals surface area contributed by atoms with E-state index in [9.17, 15) is 27.2 Å². The van der Waals surface area contributed by atoms with Gasteiger partial charge in [0.25, 0.3) is 0 Å². The van der Waals surface area contributed by atoms with Crippen molar-refractivity contribution >= 4 is 24.2 Å². The van der Waals surface area contributed by atoms with Gasteiger partial charge in [-0.25, -0.2) is 4.39 Å². The van der Waals surface area contributed by atoms with E-state index in [4.69, 9.17) is 5.73 Å². The van der Waals surface area contributed by atoms with Gasteiger partial charge >= 0.3 is 12.1 Å². The summed E-state index contributed by atoms with van der Waals surface area (Å²) in [5.41, 5.74) is 6.14. The van der Waals surface area contributed by atoms with E-state index in [1.54, 1.807) is 0 Å². The number of rotatable bonds is 3. The largest absolute Gasteiger partial charge is 0.471 e. The van der Waals surface area contributed by atoms with Crippen LogP contribution in [-0.4, -0.2) is 48.1 Å². The molecular formula is C16H20ClF4N3O2. The van der Waals surface area contributed by atoms with Gasteiger partial charge in [-0.05, 0) is 31.0 Å². The number of amides is 2. The molecule has 2 rings (SSSR count). The quantitative estimate of drug-likeness (QED) is 0.766. The van der Waals surface area contributed by atoms with Gasteiger partial charge in [0.1, 0.15) is 5.82 Å². The fourth-order valence-electron chi connectivity index (χ4n) is 2.95. The summed E-state index contributed by atoms with van der Waals surface area (Å²) < 4.78 is 50.9. The predicted molar refractivity (Wildman–Crippen MR) is 89.2 cm³/mol. The molecule has 146 valence electrons. The van der Waals surface area contributed by atoms with E-state index in [0.717, 1.165) is 0 Å². The van der Waals surface area contributed by atoms with Gasteiger partial charge in [-0.3, -0.25) is 9.59 Å². The maximum atomic E-state index is 13.1. The maximum absolute atomic E-state index is 13.1. The first kappa shape index (κ1) is 22.2. The molecule has 3 unspecified atom stereocenters. The third kappa shape index (κ3) is 5.31. The van der Waals surface area contributed by atoms with Gasteiger partial charge in [-0.2, -0.15) is 13.2 Å². The van der Waals surface area contributed by atoms with Crippen LogP contribution in [0.25, 0.3) is 0 Å². The molecule has 1 fully saturated rings. The highest BCUT2D eigenvalue weighted by Gasteiger charge is 2.42. The molecule has 0 saturated carbocycles. The Balaban J connectivity index is 0.00000338. The summed E-state index contributed by atoms with van der Waals surface area (Å²) in [6, 6.07) is 3.61. The third-order valence-corrected chi connectivity index (χ3v) is 4.19. The van der Waals surface area contributed by atoms with Crippen LogP contribution in [0.5, 0.6) is 0 Å². The zero-order chi connectivity index (χ0) is 18.8. The van der Waals surface area contributed by atoms with Gasteiger partial charge in [-0.15, -0.1) is 12.4 Å². The predicted octanol–water partition coefficient (Wildman–Crippen LogP) is 1.96. The lowest BCUT2D eigenvalue weighted by Gasteiger charge is -2.40. The number of nitrogens with zero attached hydrogens (tertiary/aromatic N) is 1. The van der Waals surface area contributed by atoms with E-state index in [2.05, 4.69) is 0 Å². The Morgan fingerprint density at radius 1 is 1.27 bits per heavy atom. The minimum Gasteiger partial charge on any atom is -0.343 e. The van der Waals surface area contributed by atoms with Crippen molar-refractivity contribution in [3.05, 3.63) is 35.6 Å². The van der Waals surface area contributed by atoms with Crippen molar-refractivity contribution in [3.8, 4) is 0 Å². The number of hydrogen-bond acceptors (Lipinski definition) is 3. The second kappa shape index (κ2) is 8.68. The number of hydrogen-bond donors (Lipinski definition) is 2. The van der Waals surface area contributed by atoms with E-state index in [1.165, 1.54) is 36.1 Å². The molecule has 0 radical (unpaired) electrons. The lowest BCUT2D eigenvalue weighted by atomic mass is 9.85. The van der Waals surface area contributed by atoms with Gasteiger partial charge in [0.05, 0.1) is 12.1 Å². The molecule has 1 aromatic carbocycles. The minimum absolute atomic E-state index is 0. The monoisotopic (exact) mass is 397 g/mol. The van der Waals surface area contributed by atoms with Gasteiger partial charge in [0.15, 0.2) is 0 Å². The minimum atomic E-state index is -5.03. The first-order valence-corrected chi connectivity index (χ1v) is 7.77. The molecule has 0 bridgehead atoms. The average Bonchev–Trinajstić information content (AvgIpc) is 2.54. The average molecular weight is 398 g/mol. The number of likely N-dealkylation sites (tertiary alicyclic amines) is 1. The first-order chi connectivity index (χ1) is 11.6. The molecule has 2 amide bonds. The molecule has 0 aliphatic carbocycles. The highest BCUT2D eigenvalue weighted by atomic mass is 35.5. The van der Waals surface area contributed by atoms with Gasteiger partial charge in [-0.1, -0.05) is 12.1 Å². The van der Waals surface area contributed by atoms with Gasteiger partial charge in [0, 0.05) is 19.0 Å². The lowest BCUT2D eigenvalue weighted by molar-refractivity contribution is -0.175. The van der Waals surface area contributed by atoms with Crippen LogP contribution >= 0.6 is 12.4 Å². The lowest BCUT2D eigenvalue weighted by Crippen LogP contribution is -2.57. The molecule has 1 aliphatic rings. The number of nitrogens with one attached hydrogen (secondary N) is 1. The number of benzene rings is 1. The summed E-state index contributed by atoms with van der Waals surface area (Å²) >= 11 is 0. The zero-order valence-corrected chi connectivity index (χ0v) is 14.7. The molecule has 0 aromatic heterocycles. The first-order valence-electron chi connectivity index (χ1n) is 7.77. The fourth-order valence-corrected chi connectivity index (χ4v) is 2.95. The molecule has 10 heteroatoms. The highest BCUT2D eigenvalue weighted by Crippen LogP contribution is 2.30. The Labute approximate surface area is 154 Å². The molecule has 3 N–H and O–H groups in total. The Kier molecular flexibility index (Phi) is 7.40. The molecule has 5 nitrogen and oxygen atoms in total. The number of alkyl halides is 3. The number of carbonyl (C=O) groups is 2. The Morgan fingerprint density at radius 3 is 2.35 bits per heavy atom. The highest BCUT2D eigenvalue weighted by molar-refractivity contribution is 5.85. The summed E-state index contributed by atoms with van der Waals surface area (Å²) in [7, 11) is 0. The van der Waals surface area contributed by atoms with Crippen LogP contribution in [0.4, 0.5) is 17.6 Å². The Hall–Kier alpha value is -1.87. The van der Waals surface area contributed by atoms with Gasteiger partial charge in [0.2, 0.25) is 5.91 Å². The topological polar surface area (TPSA) is 75.4 Å². The van der Waals surface area contributed by atoms with Crippen molar-refractivity contribution in [2.45, 2.75) is 37.5 Å². The van der Waals surface area contributed by atoms with Crippen LogP contribution in [0.1, 0.15) is 24.8 Å². The molecule has 0 spiro atoms. The van der Waals surface area contributed by atoms with Crippen LogP contribution in [0.15, 0.2) is 24.3 Å². The smallest absolute Gasteiger partial charge is 0.343 e. The number of carbonyl (C=O) groups excluding carboxylic acids is 2. The van der Waals surface area contributed by atoms with E-state index in [-0.39, 0.29) is 19.0 Å². The Morgan fingerprint density at radius 2 is 1.85 bits per heavy atom. The second-order valence-corrected chi connectivity index (χ2v) is 6.10. The number of halogens is 5. The summed E-state index contributed by atoms with van der Waals surface area (Å²) in [6.45, 7) is 1.68. The summed E-state index contributed by atoms with van der Waals surface area (Å²) in [6.07, 6.45) is -4.70. The molecule has 26 heavy (non-hydrogen) atoms. The molecule has 1 aliphatic heterocycles. The van der Waals surface area contributed by atoms with Crippen molar-refractivity contribution in [1.29, 1.82) is 0 Å². The molecule has 1 heterocycles. The fraction of sp³-hybridized carbons (Fsp3) is 0.500. The summed E-state index contributed by atoms with van der Waals surface area (Å²) in [5.74, 6) is -3.41. The Bertz CT molecular complexity index is 637. The van der Waals surface area contributed by atoms with Gasteiger partial charge < -0.3 is 16.0 Å². The van der Waals surface area contributed by atoms with E-state index >= 15 is 0 Å². The van der Waals surface area contributed by atoms with Crippen molar-refractivity contribution in [1.82, 2.24) is 10.2 Å². The normalized spacial score (nSPS) is 21.5. The molecule has 3 atom stereocenters. The summed E-state index contributed by atoms with van der Waals surface area (Å²) in [4.78, 5) is 24.7. The van der Waals surface area contributed by atoms with E-state index < -0.39 is 41.8 Å². The zero-order valence-electron chi connectivity index (χ0n) is 13.9. The van der Waals surface area contributed by atoms with Crippen LogP contribution in [0.2, 0.25) is 0 Å². The van der Waals surface area contributed by atoms with Crippen molar-refractivity contribution in [3.63, 3.8) is 0 Å². The molecular weight excluding hydrogens is 378 g/mol. The van der Waals surface area contributed by atoms with Crippen molar-refractivity contribution < 1.29 is 27.2 Å². The standard InChI is InChI=1S/C16H19F4N3O2.ClH/c1-9(21)14(24)23-7-6-12(10-2-4-11(17)5-3-10)13(8-23)22-15(25)16(18,19)20;/h2-5,9,12-13H,6-8,21H2,1H3,(H,22,25);1H. The number of piperidine rings is 1. The van der Waals surface area contributed by atoms with Crippen LogP contribution < -0.4 is 11.1 Å². The third-order valence-electron chi connectivity index (χ3n) is 4.19. The SMILES string of the molecule is CC(N)C(=O)N1CCC(c2ccc(F)cc2)C(NC(=O)C(F)(F)F)C1.Cl. The number of nitrogens with two attached hydrogens (primary N) is 1.